The second-order valence-corrected chi connectivity index (χ2v) is 9.93. The second kappa shape index (κ2) is 10.3. The molecule has 8 nitrogen and oxygen atoms in total. The summed E-state index contributed by atoms with van der Waals surface area (Å²) >= 11 is 6.69. The van der Waals surface area contributed by atoms with E-state index in [9.17, 15) is 9.59 Å². The minimum Gasteiger partial charge on any atom is -0.379 e. The molecule has 33 heavy (non-hydrogen) atoms. The number of ether oxygens (including phenoxy) is 1. The van der Waals surface area contributed by atoms with Crippen molar-refractivity contribution in [1.29, 1.82) is 0 Å². The van der Waals surface area contributed by atoms with E-state index in [0.717, 1.165) is 44.8 Å². The van der Waals surface area contributed by atoms with Crippen LogP contribution in [-0.2, 0) is 9.53 Å². The highest BCUT2D eigenvalue weighted by molar-refractivity contribution is 8.26. The highest BCUT2D eigenvalue weighted by Crippen LogP contribution is 2.34. The summed E-state index contributed by atoms with van der Waals surface area (Å²) < 4.78 is 7.46. The zero-order valence-electron chi connectivity index (χ0n) is 19.2. The molecule has 176 valence electrons. The lowest BCUT2D eigenvalue weighted by Crippen LogP contribution is -2.39. The topological polar surface area (TPSA) is 79.2 Å². The normalized spacial score (nSPS) is 19.6. The molecule has 2 aliphatic heterocycles. The number of pyridine rings is 1. The molecule has 2 aromatic rings. The monoisotopic (exact) mass is 487 g/mol. The maximum absolute atomic E-state index is 13.5. The van der Waals surface area contributed by atoms with Gasteiger partial charge in [0.1, 0.15) is 15.8 Å². The lowest BCUT2D eigenvalue weighted by Gasteiger charge is -2.26. The van der Waals surface area contributed by atoms with Gasteiger partial charge in [0.05, 0.1) is 23.7 Å². The average molecular weight is 488 g/mol. The van der Waals surface area contributed by atoms with E-state index in [1.54, 1.807) is 17.2 Å². The van der Waals surface area contributed by atoms with Crippen LogP contribution < -0.4 is 10.9 Å². The van der Waals surface area contributed by atoms with Gasteiger partial charge in [-0.25, -0.2) is 4.98 Å². The molecule has 1 atom stereocenters. The Hall–Kier alpha value is -2.27. The van der Waals surface area contributed by atoms with Gasteiger partial charge in [0.25, 0.3) is 11.5 Å². The van der Waals surface area contributed by atoms with Gasteiger partial charge in [0.15, 0.2) is 0 Å². The van der Waals surface area contributed by atoms with Crippen LogP contribution in [0.5, 0.6) is 0 Å². The molecule has 0 saturated carbocycles. The molecule has 1 N–H and O–H groups in total. The van der Waals surface area contributed by atoms with Gasteiger partial charge >= 0.3 is 0 Å². The maximum Gasteiger partial charge on any atom is 0.267 e. The number of hydrogen-bond acceptors (Lipinski definition) is 8. The zero-order chi connectivity index (χ0) is 23.5. The van der Waals surface area contributed by atoms with E-state index in [0.29, 0.717) is 32.8 Å². The van der Waals surface area contributed by atoms with E-state index in [-0.39, 0.29) is 17.5 Å². The van der Waals surface area contributed by atoms with Crippen LogP contribution in [0.25, 0.3) is 11.7 Å². The molecule has 0 radical (unpaired) electrons. The van der Waals surface area contributed by atoms with Crippen molar-refractivity contribution < 1.29 is 9.53 Å². The summed E-state index contributed by atoms with van der Waals surface area (Å²) in [6, 6.07) is 3.76. The summed E-state index contributed by atoms with van der Waals surface area (Å²) in [6.07, 6.45) is 4.15. The van der Waals surface area contributed by atoms with Gasteiger partial charge in [-0.3, -0.25) is 23.8 Å². The second-order valence-electron chi connectivity index (χ2n) is 8.25. The number of carbonyl (C=O) groups is 1. The number of amides is 1. The Morgan fingerprint density at radius 3 is 2.82 bits per heavy atom. The fourth-order valence-corrected chi connectivity index (χ4v) is 5.35. The Morgan fingerprint density at radius 2 is 2.09 bits per heavy atom. The van der Waals surface area contributed by atoms with Crippen molar-refractivity contribution in [3.63, 3.8) is 0 Å². The van der Waals surface area contributed by atoms with Gasteiger partial charge in [0, 0.05) is 38.4 Å². The Balaban J connectivity index is 1.70. The zero-order valence-corrected chi connectivity index (χ0v) is 20.8. The van der Waals surface area contributed by atoms with E-state index in [1.807, 2.05) is 32.9 Å². The van der Waals surface area contributed by atoms with Crippen molar-refractivity contribution in [1.82, 2.24) is 19.2 Å². The van der Waals surface area contributed by atoms with Crippen LogP contribution in [0.1, 0.15) is 31.4 Å². The molecule has 4 heterocycles. The van der Waals surface area contributed by atoms with Crippen LogP contribution in [0.4, 0.5) is 5.82 Å². The molecular formula is C23H29N5O3S2. The molecule has 0 unspecified atom stereocenters. The number of hydrogen-bond donors (Lipinski definition) is 1. The minimum atomic E-state index is -0.216. The Bertz CT molecular complexity index is 1160. The van der Waals surface area contributed by atoms with E-state index in [2.05, 4.69) is 10.2 Å². The molecule has 4 rings (SSSR count). The van der Waals surface area contributed by atoms with Gasteiger partial charge in [-0.05, 0) is 38.0 Å². The summed E-state index contributed by atoms with van der Waals surface area (Å²) in [6.45, 7) is 10.6. The lowest BCUT2D eigenvalue weighted by molar-refractivity contribution is -0.123. The summed E-state index contributed by atoms with van der Waals surface area (Å²) in [5, 5.41) is 3.35. The number of nitrogens with zero attached hydrogens (tertiary/aromatic N) is 4. The van der Waals surface area contributed by atoms with Crippen molar-refractivity contribution >= 4 is 51.7 Å². The molecule has 2 aliphatic rings. The largest absolute Gasteiger partial charge is 0.379 e. The molecule has 0 aliphatic carbocycles. The first-order valence-electron chi connectivity index (χ1n) is 11.2. The number of fused-ring (bicyclic) bond motifs is 1. The van der Waals surface area contributed by atoms with Crippen LogP contribution in [0.3, 0.4) is 0 Å². The van der Waals surface area contributed by atoms with Crippen LogP contribution in [-0.4, -0.2) is 74.8 Å². The Labute approximate surface area is 203 Å². The number of thiocarbonyl (C=S) groups is 1. The smallest absolute Gasteiger partial charge is 0.267 e. The summed E-state index contributed by atoms with van der Waals surface area (Å²) in [5.74, 6) is 0.323. The van der Waals surface area contributed by atoms with Gasteiger partial charge in [-0.1, -0.05) is 37.0 Å². The minimum absolute atomic E-state index is 0.00740. The van der Waals surface area contributed by atoms with Crippen molar-refractivity contribution in [2.75, 3.05) is 44.7 Å². The van der Waals surface area contributed by atoms with Gasteiger partial charge in [-0.2, -0.15) is 0 Å². The third kappa shape index (κ3) is 4.98. The van der Waals surface area contributed by atoms with Crippen molar-refractivity contribution in [2.24, 2.45) is 0 Å². The molecule has 2 saturated heterocycles. The van der Waals surface area contributed by atoms with Crippen LogP contribution in [0.15, 0.2) is 28.0 Å². The van der Waals surface area contributed by atoms with Gasteiger partial charge in [-0.15, -0.1) is 0 Å². The number of thioether (sulfide) groups is 1. The average Bonchev–Trinajstić information content (AvgIpc) is 3.09. The fourth-order valence-electron chi connectivity index (χ4n) is 3.91. The SMILES string of the molecule is CC[C@H](C)N1C(=O)/C(=C/c2c(NCCN3CCOCC3)nc3c(C)cccn3c2=O)SC1=S. The van der Waals surface area contributed by atoms with Gasteiger partial charge in [0.2, 0.25) is 0 Å². The van der Waals surface area contributed by atoms with Crippen molar-refractivity contribution in [3.8, 4) is 0 Å². The van der Waals surface area contributed by atoms with E-state index in [4.69, 9.17) is 21.9 Å². The highest BCUT2D eigenvalue weighted by Gasteiger charge is 2.35. The first kappa shape index (κ1) is 23.9. The molecule has 10 heteroatoms. The predicted octanol–water partition coefficient (Wildman–Crippen LogP) is 2.75. The quantitative estimate of drug-likeness (QED) is 0.472. The number of morpholine rings is 1. The molecule has 0 spiro atoms. The first-order valence-corrected chi connectivity index (χ1v) is 12.5. The molecular weight excluding hydrogens is 458 g/mol. The third-order valence-electron chi connectivity index (χ3n) is 6.04. The molecule has 0 bridgehead atoms. The Kier molecular flexibility index (Phi) is 7.48. The van der Waals surface area contributed by atoms with Gasteiger partial charge < -0.3 is 10.1 Å². The summed E-state index contributed by atoms with van der Waals surface area (Å²) in [4.78, 5) is 35.7. The summed E-state index contributed by atoms with van der Waals surface area (Å²) in [7, 11) is 0. The number of aromatic nitrogens is 2. The number of anilines is 1. The van der Waals surface area contributed by atoms with Crippen molar-refractivity contribution in [3.05, 3.63) is 44.7 Å². The van der Waals surface area contributed by atoms with E-state index >= 15 is 0 Å². The standard InChI is InChI=1S/C23H29N5O3S2/c1-4-16(3)28-22(30)18(33-23(28)32)14-17-19(24-7-9-26-10-12-31-13-11-26)25-20-15(2)6-5-8-27(20)21(17)29/h5-6,8,14,16,24H,4,7,9-13H2,1-3H3/b18-14-/t16-/m0/s1. The van der Waals surface area contributed by atoms with Crippen LogP contribution in [0.2, 0.25) is 0 Å². The highest BCUT2D eigenvalue weighted by atomic mass is 32.2. The number of carbonyl (C=O) groups excluding carboxylic acids is 1. The number of nitrogens with one attached hydrogen (secondary N) is 1. The fraction of sp³-hybridized carbons (Fsp3) is 0.478. The van der Waals surface area contributed by atoms with Crippen LogP contribution >= 0.6 is 24.0 Å². The number of rotatable bonds is 7. The summed E-state index contributed by atoms with van der Waals surface area (Å²) in [5.41, 5.74) is 1.65. The maximum atomic E-state index is 13.5. The molecule has 2 aromatic heterocycles. The van der Waals surface area contributed by atoms with Crippen molar-refractivity contribution in [2.45, 2.75) is 33.2 Å². The third-order valence-corrected chi connectivity index (χ3v) is 7.37. The lowest BCUT2D eigenvalue weighted by atomic mass is 10.2. The molecule has 2 fully saturated rings. The predicted molar refractivity (Wildman–Crippen MR) is 137 cm³/mol. The Morgan fingerprint density at radius 1 is 1.33 bits per heavy atom. The van der Waals surface area contributed by atoms with E-state index < -0.39 is 0 Å². The molecule has 0 aromatic carbocycles. The van der Waals surface area contributed by atoms with E-state index in [1.165, 1.54) is 16.2 Å². The van der Waals surface area contributed by atoms with Crippen LogP contribution in [0, 0.1) is 6.92 Å². The molecule has 1 amide bonds. The number of aryl methyl sites for hydroxylation is 1. The first-order chi connectivity index (χ1) is 15.9.